The third-order valence-electron chi connectivity index (χ3n) is 4.52. The van der Waals surface area contributed by atoms with Gasteiger partial charge in [-0.25, -0.2) is 4.79 Å². The summed E-state index contributed by atoms with van der Waals surface area (Å²) < 4.78 is 5.21. The minimum absolute atomic E-state index is 0.116. The Bertz CT molecular complexity index is 500. The number of thioether (sulfide) groups is 1. The first-order valence-corrected chi connectivity index (χ1v) is 9.12. The molecule has 3 rings (SSSR count). The third kappa shape index (κ3) is 3.69. The summed E-state index contributed by atoms with van der Waals surface area (Å²) in [6.07, 6.45) is 4.76. The highest BCUT2D eigenvalue weighted by Gasteiger charge is 2.27. The second kappa shape index (κ2) is 7.27. The van der Waals surface area contributed by atoms with Crippen molar-refractivity contribution < 1.29 is 9.53 Å². The van der Waals surface area contributed by atoms with E-state index in [1.807, 2.05) is 28.8 Å². The molecule has 0 radical (unpaired) electrons. The van der Waals surface area contributed by atoms with Gasteiger partial charge in [0.15, 0.2) is 0 Å². The lowest BCUT2D eigenvalue weighted by Crippen LogP contribution is -2.47. The molecule has 1 saturated heterocycles. The number of hydrogen-bond donors (Lipinski definition) is 1. The lowest BCUT2D eigenvalue weighted by atomic mass is 10.1. The monoisotopic (exact) mass is 320 g/mol. The van der Waals surface area contributed by atoms with Gasteiger partial charge in [0.2, 0.25) is 0 Å². The van der Waals surface area contributed by atoms with Crippen molar-refractivity contribution in [1.82, 2.24) is 10.2 Å². The molecule has 1 aliphatic heterocycles. The molecule has 0 spiro atoms. The van der Waals surface area contributed by atoms with Gasteiger partial charge in [0.1, 0.15) is 5.75 Å². The molecule has 22 heavy (non-hydrogen) atoms. The molecule has 2 fully saturated rings. The van der Waals surface area contributed by atoms with Crippen molar-refractivity contribution in [3.05, 3.63) is 29.8 Å². The number of rotatable bonds is 3. The highest BCUT2D eigenvalue weighted by atomic mass is 32.2. The van der Waals surface area contributed by atoms with E-state index in [1.165, 1.54) is 18.4 Å². The van der Waals surface area contributed by atoms with Crippen LogP contribution in [-0.4, -0.2) is 42.9 Å². The second-order valence-electron chi connectivity index (χ2n) is 6.01. The fourth-order valence-electron chi connectivity index (χ4n) is 3.19. The number of nitrogens with one attached hydrogen (secondary N) is 1. The average molecular weight is 320 g/mol. The molecule has 0 aromatic heterocycles. The molecule has 120 valence electrons. The molecule has 1 aliphatic carbocycles. The third-order valence-corrected chi connectivity index (χ3v) is 5.77. The molecule has 1 N–H and O–H groups in total. The Balaban J connectivity index is 1.59. The highest BCUT2D eigenvalue weighted by molar-refractivity contribution is 7.99. The van der Waals surface area contributed by atoms with E-state index in [-0.39, 0.29) is 6.03 Å². The molecule has 1 unspecified atom stereocenters. The van der Waals surface area contributed by atoms with Crippen molar-refractivity contribution in [2.24, 2.45) is 0 Å². The maximum atomic E-state index is 12.4. The summed E-state index contributed by atoms with van der Waals surface area (Å²) in [4.78, 5) is 14.4. The zero-order valence-electron chi connectivity index (χ0n) is 13.1. The molecule has 2 amide bonds. The smallest absolute Gasteiger partial charge is 0.317 e. The molecule has 2 aliphatic rings. The number of hydrogen-bond acceptors (Lipinski definition) is 3. The van der Waals surface area contributed by atoms with Crippen LogP contribution in [0.1, 0.15) is 36.5 Å². The maximum absolute atomic E-state index is 12.4. The summed E-state index contributed by atoms with van der Waals surface area (Å²) in [5.74, 6) is 1.87. The normalized spacial score (nSPS) is 22.6. The SMILES string of the molecule is COc1ccc(C2CN(C(=O)NC3CCCC3)CCS2)cc1. The van der Waals surface area contributed by atoms with Crippen LogP contribution in [-0.2, 0) is 0 Å². The zero-order valence-corrected chi connectivity index (χ0v) is 13.9. The van der Waals surface area contributed by atoms with Crippen molar-refractivity contribution in [2.75, 3.05) is 26.0 Å². The van der Waals surface area contributed by atoms with Crippen LogP contribution in [0.25, 0.3) is 0 Å². The average Bonchev–Trinajstić information content (AvgIpc) is 3.08. The number of carbonyl (C=O) groups is 1. The molecule has 4 nitrogen and oxygen atoms in total. The van der Waals surface area contributed by atoms with Gasteiger partial charge in [-0.15, -0.1) is 0 Å². The predicted octanol–water partition coefficient (Wildman–Crippen LogP) is 3.44. The van der Waals surface area contributed by atoms with E-state index in [2.05, 4.69) is 17.4 Å². The molecule has 1 atom stereocenters. The Labute approximate surface area is 136 Å². The molecule has 1 heterocycles. The van der Waals surface area contributed by atoms with E-state index in [1.54, 1.807) is 7.11 Å². The number of methoxy groups -OCH3 is 1. The molecule has 1 aromatic rings. The van der Waals surface area contributed by atoms with Gasteiger partial charge in [0, 0.05) is 30.1 Å². The maximum Gasteiger partial charge on any atom is 0.317 e. The van der Waals surface area contributed by atoms with Crippen molar-refractivity contribution in [1.29, 1.82) is 0 Å². The fraction of sp³-hybridized carbons (Fsp3) is 0.588. The van der Waals surface area contributed by atoms with Crippen molar-refractivity contribution in [3.8, 4) is 5.75 Å². The van der Waals surface area contributed by atoms with E-state index < -0.39 is 0 Å². The van der Waals surface area contributed by atoms with Crippen LogP contribution in [0.5, 0.6) is 5.75 Å². The van der Waals surface area contributed by atoms with Crippen LogP contribution in [0.4, 0.5) is 4.79 Å². The van der Waals surface area contributed by atoms with Crippen LogP contribution in [0.2, 0.25) is 0 Å². The molecular formula is C17H24N2O2S. The number of urea groups is 1. The highest BCUT2D eigenvalue weighted by Crippen LogP contribution is 2.34. The summed E-state index contributed by atoms with van der Waals surface area (Å²) in [7, 11) is 1.68. The van der Waals surface area contributed by atoms with E-state index in [4.69, 9.17) is 4.74 Å². The lowest BCUT2D eigenvalue weighted by molar-refractivity contribution is 0.195. The summed E-state index contributed by atoms with van der Waals surface area (Å²) in [5.41, 5.74) is 1.27. The van der Waals surface area contributed by atoms with Crippen LogP contribution in [0.3, 0.4) is 0 Å². The Morgan fingerprint density at radius 1 is 1.27 bits per heavy atom. The van der Waals surface area contributed by atoms with Crippen LogP contribution in [0, 0.1) is 0 Å². The van der Waals surface area contributed by atoms with Crippen LogP contribution >= 0.6 is 11.8 Å². The van der Waals surface area contributed by atoms with Gasteiger partial charge in [-0.2, -0.15) is 11.8 Å². The predicted molar refractivity (Wildman–Crippen MR) is 90.6 cm³/mol. The van der Waals surface area contributed by atoms with Gasteiger partial charge in [-0.05, 0) is 30.5 Å². The minimum Gasteiger partial charge on any atom is -0.497 e. The van der Waals surface area contributed by atoms with Gasteiger partial charge in [-0.1, -0.05) is 25.0 Å². The fourth-order valence-corrected chi connectivity index (χ4v) is 4.44. The zero-order chi connectivity index (χ0) is 15.4. The molecule has 1 saturated carbocycles. The number of benzene rings is 1. The lowest BCUT2D eigenvalue weighted by Gasteiger charge is -2.33. The summed E-state index contributed by atoms with van der Waals surface area (Å²) in [6.45, 7) is 1.63. The summed E-state index contributed by atoms with van der Waals surface area (Å²) >= 11 is 1.93. The first-order valence-electron chi connectivity index (χ1n) is 8.07. The van der Waals surface area contributed by atoms with Gasteiger partial charge >= 0.3 is 6.03 Å². The van der Waals surface area contributed by atoms with Crippen LogP contribution < -0.4 is 10.1 Å². The Kier molecular flexibility index (Phi) is 5.13. The Morgan fingerprint density at radius 2 is 2.00 bits per heavy atom. The van der Waals surface area contributed by atoms with E-state index >= 15 is 0 Å². The topological polar surface area (TPSA) is 41.6 Å². The molecular weight excluding hydrogens is 296 g/mol. The quantitative estimate of drug-likeness (QED) is 0.927. The van der Waals surface area contributed by atoms with Crippen molar-refractivity contribution in [2.45, 2.75) is 37.0 Å². The van der Waals surface area contributed by atoms with Crippen LogP contribution in [0.15, 0.2) is 24.3 Å². The molecule has 0 bridgehead atoms. The summed E-state index contributed by atoms with van der Waals surface area (Å²) in [6, 6.07) is 8.71. The van der Waals surface area contributed by atoms with E-state index in [0.29, 0.717) is 11.3 Å². The molecule has 5 heteroatoms. The number of amides is 2. The minimum atomic E-state index is 0.116. The molecule has 1 aromatic carbocycles. The van der Waals surface area contributed by atoms with E-state index in [9.17, 15) is 4.79 Å². The standard InChI is InChI=1S/C17H24N2O2S/c1-21-15-8-6-13(7-9-15)16-12-19(10-11-22-16)17(20)18-14-4-2-3-5-14/h6-9,14,16H,2-5,10-12H2,1H3,(H,18,20). The van der Waals surface area contributed by atoms with E-state index in [0.717, 1.165) is 37.4 Å². The first kappa shape index (κ1) is 15.5. The van der Waals surface area contributed by atoms with Gasteiger partial charge < -0.3 is 15.0 Å². The summed E-state index contributed by atoms with van der Waals surface area (Å²) in [5, 5.41) is 3.55. The second-order valence-corrected chi connectivity index (χ2v) is 7.32. The Hall–Kier alpha value is -1.36. The van der Waals surface area contributed by atoms with Crippen molar-refractivity contribution >= 4 is 17.8 Å². The van der Waals surface area contributed by atoms with Crippen molar-refractivity contribution in [3.63, 3.8) is 0 Å². The Morgan fingerprint density at radius 3 is 2.68 bits per heavy atom. The number of nitrogens with zero attached hydrogens (tertiary/aromatic N) is 1. The number of carbonyl (C=O) groups excluding carboxylic acids is 1. The number of ether oxygens (including phenoxy) is 1. The largest absolute Gasteiger partial charge is 0.497 e. The first-order chi connectivity index (χ1) is 10.8. The van der Waals surface area contributed by atoms with Gasteiger partial charge in [0.25, 0.3) is 0 Å². The van der Waals surface area contributed by atoms with Gasteiger partial charge in [0.05, 0.1) is 7.11 Å². The van der Waals surface area contributed by atoms with Gasteiger partial charge in [-0.3, -0.25) is 0 Å².